The Labute approximate surface area is 129 Å². The number of hydrogen-bond donors (Lipinski definition) is 2. The zero-order valence-electron chi connectivity index (χ0n) is 13.0. The van der Waals surface area contributed by atoms with Gasteiger partial charge in [-0.1, -0.05) is 0 Å². The molecule has 0 amide bonds. The summed E-state index contributed by atoms with van der Waals surface area (Å²) in [6.07, 6.45) is 6.69. The topological polar surface area (TPSA) is 73.5 Å². The van der Waals surface area contributed by atoms with Crippen molar-refractivity contribution in [2.45, 2.75) is 39.2 Å². The first-order chi connectivity index (χ1) is 10.7. The molecule has 3 aromatic rings. The molecule has 2 N–H and O–H groups in total. The van der Waals surface area contributed by atoms with Crippen LogP contribution in [0.5, 0.6) is 0 Å². The molecule has 0 saturated heterocycles. The van der Waals surface area contributed by atoms with Crippen molar-refractivity contribution >= 4 is 16.9 Å². The second-order valence-electron chi connectivity index (χ2n) is 6.02. The van der Waals surface area contributed by atoms with E-state index in [1.54, 1.807) is 0 Å². The highest BCUT2D eigenvalue weighted by atomic mass is 15.2. The van der Waals surface area contributed by atoms with E-state index >= 15 is 0 Å². The molecule has 0 unspecified atom stereocenters. The highest BCUT2D eigenvalue weighted by Crippen LogP contribution is 2.26. The highest BCUT2D eigenvalue weighted by Gasteiger charge is 2.19. The normalized spacial score (nSPS) is 14.3. The average molecular weight is 296 g/mol. The molecule has 0 bridgehead atoms. The smallest absolute Gasteiger partial charge is 0.156 e. The van der Waals surface area contributed by atoms with Crippen LogP contribution >= 0.6 is 0 Å². The van der Waals surface area contributed by atoms with Gasteiger partial charge in [0.1, 0.15) is 11.3 Å². The van der Waals surface area contributed by atoms with Crippen molar-refractivity contribution in [3.05, 3.63) is 35.0 Å². The van der Waals surface area contributed by atoms with Crippen LogP contribution in [0.3, 0.4) is 0 Å². The summed E-state index contributed by atoms with van der Waals surface area (Å²) in [5.74, 6) is 1.72. The Morgan fingerprint density at radius 3 is 3.00 bits per heavy atom. The molecule has 3 heterocycles. The first-order valence-electron chi connectivity index (χ1n) is 7.80. The first kappa shape index (κ1) is 13.3. The van der Waals surface area contributed by atoms with Gasteiger partial charge in [-0.3, -0.25) is 5.10 Å². The minimum absolute atomic E-state index is 0.760. The molecule has 22 heavy (non-hydrogen) atoms. The van der Waals surface area contributed by atoms with Gasteiger partial charge in [0.05, 0.1) is 17.8 Å². The Kier molecular flexibility index (Phi) is 3.10. The molecule has 0 atom stereocenters. The number of rotatable bonds is 3. The SMILES string of the molecule is Cc1nc(N(C)Cc2n[nH]c3c2CCCC3)c2[nH]ccc2n1. The van der Waals surface area contributed by atoms with Crippen molar-refractivity contribution in [1.29, 1.82) is 0 Å². The zero-order chi connectivity index (χ0) is 15.1. The van der Waals surface area contributed by atoms with Gasteiger partial charge < -0.3 is 9.88 Å². The van der Waals surface area contributed by atoms with E-state index in [4.69, 9.17) is 0 Å². The Morgan fingerprint density at radius 2 is 2.09 bits per heavy atom. The van der Waals surface area contributed by atoms with Gasteiger partial charge >= 0.3 is 0 Å². The second kappa shape index (κ2) is 5.12. The van der Waals surface area contributed by atoms with Crippen LogP contribution in [0.25, 0.3) is 11.0 Å². The minimum atomic E-state index is 0.760. The summed E-state index contributed by atoms with van der Waals surface area (Å²) >= 11 is 0. The van der Waals surface area contributed by atoms with Crippen molar-refractivity contribution in [3.63, 3.8) is 0 Å². The molecule has 0 spiro atoms. The van der Waals surface area contributed by atoms with Crippen molar-refractivity contribution in [3.8, 4) is 0 Å². The van der Waals surface area contributed by atoms with Gasteiger partial charge in [-0.25, -0.2) is 9.97 Å². The van der Waals surface area contributed by atoms with E-state index < -0.39 is 0 Å². The lowest BCUT2D eigenvalue weighted by Crippen LogP contribution is -2.20. The van der Waals surface area contributed by atoms with E-state index in [-0.39, 0.29) is 0 Å². The Hall–Kier alpha value is -2.37. The molecule has 6 heteroatoms. The van der Waals surface area contributed by atoms with E-state index in [1.807, 2.05) is 19.2 Å². The van der Waals surface area contributed by atoms with Gasteiger partial charge in [0.2, 0.25) is 0 Å². The van der Waals surface area contributed by atoms with Crippen molar-refractivity contribution < 1.29 is 0 Å². The molecular weight excluding hydrogens is 276 g/mol. The number of aryl methyl sites for hydroxylation is 2. The van der Waals surface area contributed by atoms with Crippen LogP contribution in [0.4, 0.5) is 5.82 Å². The number of anilines is 1. The molecule has 0 radical (unpaired) electrons. The molecular formula is C16H20N6. The van der Waals surface area contributed by atoms with E-state index in [9.17, 15) is 0 Å². The van der Waals surface area contributed by atoms with Crippen molar-refractivity contribution in [2.75, 3.05) is 11.9 Å². The summed E-state index contributed by atoms with van der Waals surface area (Å²) in [6, 6.07) is 1.98. The predicted octanol–water partition coefficient (Wildman–Crippen LogP) is 2.50. The van der Waals surface area contributed by atoms with E-state index in [1.165, 1.54) is 24.1 Å². The van der Waals surface area contributed by atoms with Gasteiger partial charge in [-0.15, -0.1) is 0 Å². The third-order valence-corrected chi connectivity index (χ3v) is 4.39. The fraction of sp³-hybridized carbons (Fsp3) is 0.438. The van der Waals surface area contributed by atoms with Crippen molar-refractivity contribution in [1.82, 2.24) is 25.1 Å². The molecule has 114 valence electrons. The maximum absolute atomic E-state index is 4.61. The fourth-order valence-electron chi connectivity index (χ4n) is 3.30. The standard InChI is InChI=1S/C16H20N6/c1-10-18-13-7-8-17-15(13)16(19-10)22(2)9-14-11-5-3-4-6-12(11)20-21-14/h7-8,17H,3-6,9H2,1-2H3,(H,20,21). The molecule has 0 saturated carbocycles. The minimum Gasteiger partial charge on any atom is -0.357 e. The Morgan fingerprint density at radius 1 is 1.23 bits per heavy atom. The number of nitrogens with one attached hydrogen (secondary N) is 2. The second-order valence-corrected chi connectivity index (χ2v) is 6.02. The summed E-state index contributed by atoms with van der Waals surface area (Å²) in [5.41, 5.74) is 5.81. The summed E-state index contributed by atoms with van der Waals surface area (Å²) in [6.45, 7) is 2.69. The molecule has 4 rings (SSSR count). The Balaban J connectivity index is 1.68. The number of nitrogens with zero attached hydrogens (tertiary/aromatic N) is 4. The maximum Gasteiger partial charge on any atom is 0.156 e. The van der Waals surface area contributed by atoms with Crippen LogP contribution in [0, 0.1) is 6.92 Å². The van der Waals surface area contributed by atoms with Crippen molar-refractivity contribution in [2.24, 2.45) is 0 Å². The van der Waals surface area contributed by atoms with E-state index in [2.05, 4.69) is 37.1 Å². The fourth-order valence-corrected chi connectivity index (χ4v) is 3.30. The lowest BCUT2D eigenvalue weighted by Gasteiger charge is -2.19. The molecule has 3 aromatic heterocycles. The average Bonchev–Trinajstić information content (AvgIpc) is 3.13. The molecule has 0 fully saturated rings. The molecule has 1 aliphatic carbocycles. The van der Waals surface area contributed by atoms with Gasteiger partial charge in [-0.2, -0.15) is 5.10 Å². The van der Waals surface area contributed by atoms with Gasteiger partial charge in [0.15, 0.2) is 5.82 Å². The molecule has 0 aliphatic heterocycles. The van der Waals surface area contributed by atoms with E-state index in [0.29, 0.717) is 0 Å². The molecule has 1 aliphatic rings. The van der Waals surface area contributed by atoms with Crippen LogP contribution in [0.2, 0.25) is 0 Å². The lowest BCUT2D eigenvalue weighted by molar-refractivity contribution is 0.671. The number of hydrogen-bond acceptors (Lipinski definition) is 4. The number of aromatic nitrogens is 5. The molecule has 0 aromatic carbocycles. The monoisotopic (exact) mass is 296 g/mol. The maximum atomic E-state index is 4.61. The Bertz CT molecular complexity index is 815. The van der Waals surface area contributed by atoms with Crippen LogP contribution in [0.1, 0.15) is 35.6 Å². The van der Waals surface area contributed by atoms with E-state index in [0.717, 1.165) is 47.8 Å². The number of fused-ring (bicyclic) bond motifs is 2. The zero-order valence-corrected chi connectivity index (χ0v) is 13.0. The summed E-state index contributed by atoms with van der Waals surface area (Å²) in [7, 11) is 2.06. The quantitative estimate of drug-likeness (QED) is 0.779. The largest absolute Gasteiger partial charge is 0.357 e. The molecule has 6 nitrogen and oxygen atoms in total. The van der Waals surface area contributed by atoms with Gasteiger partial charge in [0.25, 0.3) is 0 Å². The van der Waals surface area contributed by atoms with Crippen LogP contribution in [-0.4, -0.2) is 32.2 Å². The third kappa shape index (κ3) is 2.15. The van der Waals surface area contributed by atoms with Gasteiger partial charge in [-0.05, 0) is 44.2 Å². The van der Waals surface area contributed by atoms with Crippen LogP contribution < -0.4 is 4.90 Å². The highest BCUT2D eigenvalue weighted by molar-refractivity contribution is 5.86. The number of aromatic amines is 2. The summed E-state index contributed by atoms with van der Waals surface area (Å²) in [5, 5.41) is 7.74. The first-order valence-corrected chi connectivity index (χ1v) is 7.80. The number of H-pyrrole nitrogens is 2. The van der Waals surface area contributed by atoms with Crippen LogP contribution in [-0.2, 0) is 19.4 Å². The van der Waals surface area contributed by atoms with Crippen LogP contribution in [0.15, 0.2) is 12.3 Å². The summed E-state index contributed by atoms with van der Waals surface area (Å²) < 4.78 is 0. The third-order valence-electron chi connectivity index (χ3n) is 4.39. The van der Waals surface area contributed by atoms with Gasteiger partial charge in [0, 0.05) is 18.9 Å². The lowest BCUT2D eigenvalue weighted by atomic mass is 9.96. The predicted molar refractivity (Wildman–Crippen MR) is 86.0 cm³/mol. The summed E-state index contributed by atoms with van der Waals surface area (Å²) in [4.78, 5) is 14.5.